The molecule has 0 aliphatic carbocycles. The zero-order chi connectivity index (χ0) is 17.9. The molecule has 24 heavy (non-hydrogen) atoms. The van der Waals surface area contributed by atoms with Crippen molar-refractivity contribution in [2.24, 2.45) is 0 Å². The summed E-state index contributed by atoms with van der Waals surface area (Å²) in [6, 6.07) is 4.07. The van der Waals surface area contributed by atoms with E-state index in [0.29, 0.717) is 28.4 Å². The average molecular weight is 377 g/mol. The summed E-state index contributed by atoms with van der Waals surface area (Å²) in [7, 11) is 0. The van der Waals surface area contributed by atoms with Crippen LogP contribution >= 0.6 is 23.4 Å². The number of halogens is 4. The number of anilines is 2. The normalized spacial score (nSPS) is 10.6. The van der Waals surface area contributed by atoms with Gasteiger partial charge in [-0.2, -0.15) is 0 Å². The molecular weight excluding hydrogens is 365 g/mol. The van der Waals surface area contributed by atoms with Gasteiger partial charge in [-0.3, -0.25) is 0 Å². The van der Waals surface area contributed by atoms with Crippen molar-refractivity contribution in [1.82, 2.24) is 0 Å². The molecule has 2 amide bonds. The third-order valence-electron chi connectivity index (χ3n) is 3.06. The first-order valence-corrected chi connectivity index (χ1v) is 8.16. The Morgan fingerprint density at radius 1 is 1.17 bits per heavy atom. The van der Waals surface area contributed by atoms with Crippen molar-refractivity contribution in [1.29, 1.82) is 0 Å². The highest BCUT2D eigenvalue weighted by Crippen LogP contribution is 2.30. The average Bonchev–Trinajstić information content (AvgIpc) is 2.53. The van der Waals surface area contributed by atoms with Crippen LogP contribution in [0.15, 0.2) is 29.2 Å². The fourth-order valence-electron chi connectivity index (χ4n) is 1.93. The van der Waals surface area contributed by atoms with E-state index >= 15 is 0 Å². The van der Waals surface area contributed by atoms with Gasteiger partial charge in [-0.1, -0.05) is 17.7 Å². The zero-order valence-electron chi connectivity index (χ0n) is 12.3. The van der Waals surface area contributed by atoms with E-state index in [0.717, 1.165) is 0 Å². The lowest BCUT2D eigenvalue weighted by Gasteiger charge is -2.13. The largest absolute Gasteiger partial charge is 0.392 e. The second kappa shape index (κ2) is 7.78. The predicted octanol–water partition coefficient (Wildman–Crippen LogP) is 4.62. The standard InChI is InChI=1S/C15H12ClF3N2O2S/c1-24-14-12(18)9(17)5-11(13(14)19)21-15(23)20-10-4-8(16)3-2-7(10)6-22/h2-5,22H,6H2,1H3,(H2,20,21,23). The van der Waals surface area contributed by atoms with Gasteiger partial charge in [-0.05, 0) is 18.4 Å². The van der Waals surface area contributed by atoms with Crippen LogP contribution in [-0.4, -0.2) is 17.4 Å². The Morgan fingerprint density at radius 3 is 2.46 bits per heavy atom. The van der Waals surface area contributed by atoms with E-state index in [4.69, 9.17) is 11.6 Å². The number of carbonyl (C=O) groups excluding carboxylic acids is 1. The van der Waals surface area contributed by atoms with Crippen LogP contribution in [0.3, 0.4) is 0 Å². The monoisotopic (exact) mass is 376 g/mol. The number of benzene rings is 2. The van der Waals surface area contributed by atoms with Crippen LogP contribution in [0.5, 0.6) is 0 Å². The molecule has 0 spiro atoms. The number of nitrogens with one attached hydrogen (secondary N) is 2. The third-order valence-corrected chi connectivity index (χ3v) is 4.06. The van der Waals surface area contributed by atoms with Crippen molar-refractivity contribution in [2.45, 2.75) is 11.5 Å². The molecule has 0 fully saturated rings. The summed E-state index contributed by atoms with van der Waals surface area (Å²) in [5, 5.41) is 14.0. The summed E-state index contributed by atoms with van der Waals surface area (Å²) < 4.78 is 41.0. The van der Waals surface area contributed by atoms with Gasteiger partial charge in [-0.15, -0.1) is 11.8 Å². The van der Waals surface area contributed by atoms with Gasteiger partial charge in [0, 0.05) is 22.3 Å². The molecule has 128 valence electrons. The first kappa shape index (κ1) is 18.4. The van der Waals surface area contributed by atoms with Gasteiger partial charge in [0.2, 0.25) is 0 Å². The third kappa shape index (κ3) is 3.95. The van der Waals surface area contributed by atoms with Crippen molar-refractivity contribution in [2.75, 3.05) is 16.9 Å². The van der Waals surface area contributed by atoms with Crippen molar-refractivity contribution < 1.29 is 23.1 Å². The van der Waals surface area contributed by atoms with E-state index in [9.17, 15) is 23.1 Å². The maximum Gasteiger partial charge on any atom is 0.323 e. The fourth-order valence-corrected chi connectivity index (χ4v) is 2.67. The molecule has 0 bridgehead atoms. The van der Waals surface area contributed by atoms with Crippen molar-refractivity contribution in [3.63, 3.8) is 0 Å². The number of carbonyl (C=O) groups is 1. The molecular formula is C15H12ClF3N2O2S. The summed E-state index contributed by atoms with van der Waals surface area (Å²) in [5.41, 5.74) is 0.0732. The second-order valence-corrected chi connectivity index (χ2v) is 5.86. The summed E-state index contributed by atoms with van der Waals surface area (Å²) in [4.78, 5) is 11.4. The Bertz CT molecular complexity index is 790. The van der Waals surface area contributed by atoms with Crippen LogP contribution in [0.2, 0.25) is 5.02 Å². The van der Waals surface area contributed by atoms with Crippen LogP contribution in [0.25, 0.3) is 0 Å². The van der Waals surface area contributed by atoms with Gasteiger partial charge < -0.3 is 15.7 Å². The number of hydrogen-bond donors (Lipinski definition) is 3. The molecule has 0 radical (unpaired) electrons. The van der Waals surface area contributed by atoms with E-state index in [2.05, 4.69) is 10.6 Å². The lowest BCUT2D eigenvalue weighted by Crippen LogP contribution is -2.21. The minimum Gasteiger partial charge on any atom is -0.392 e. The SMILES string of the molecule is CSc1c(F)c(F)cc(NC(=O)Nc2cc(Cl)ccc2CO)c1F. The minimum atomic E-state index is -1.32. The number of aliphatic hydroxyl groups is 1. The van der Waals surface area contributed by atoms with Gasteiger partial charge in [0.15, 0.2) is 17.5 Å². The number of amides is 2. The van der Waals surface area contributed by atoms with Gasteiger partial charge in [-0.25, -0.2) is 18.0 Å². The molecule has 2 aromatic rings. The van der Waals surface area contributed by atoms with Crippen LogP contribution in [0, 0.1) is 17.5 Å². The minimum absolute atomic E-state index is 0.204. The number of urea groups is 1. The van der Waals surface area contributed by atoms with Crippen molar-refractivity contribution in [3.05, 3.63) is 52.3 Å². The molecule has 0 aliphatic heterocycles. The van der Waals surface area contributed by atoms with E-state index in [-0.39, 0.29) is 12.3 Å². The lowest BCUT2D eigenvalue weighted by molar-refractivity contribution is 0.261. The first-order valence-electron chi connectivity index (χ1n) is 6.56. The summed E-state index contributed by atoms with van der Waals surface area (Å²) >= 11 is 6.49. The summed E-state index contributed by atoms with van der Waals surface area (Å²) in [6.45, 7) is -0.358. The Balaban J connectivity index is 2.25. The van der Waals surface area contributed by atoms with Crippen LogP contribution in [-0.2, 0) is 6.61 Å². The van der Waals surface area contributed by atoms with E-state index in [1.165, 1.54) is 24.5 Å². The maximum absolute atomic E-state index is 14.1. The molecule has 0 heterocycles. The van der Waals surface area contributed by atoms with Gasteiger partial charge in [0.25, 0.3) is 0 Å². The summed E-state index contributed by atoms with van der Waals surface area (Å²) in [5.74, 6) is -3.68. The second-order valence-electron chi connectivity index (χ2n) is 4.61. The van der Waals surface area contributed by atoms with E-state index in [1.807, 2.05) is 0 Å². The maximum atomic E-state index is 14.1. The highest BCUT2D eigenvalue weighted by atomic mass is 35.5. The molecule has 0 aliphatic rings. The topological polar surface area (TPSA) is 61.4 Å². The van der Waals surface area contributed by atoms with Gasteiger partial charge >= 0.3 is 6.03 Å². The van der Waals surface area contributed by atoms with Gasteiger partial charge in [0.05, 0.1) is 17.2 Å². The Morgan fingerprint density at radius 2 is 1.83 bits per heavy atom. The van der Waals surface area contributed by atoms with E-state index < -0.39 is 34.1 Å². The first-order chi connectivity index (χ1) is 11.4. The van der Waals surface area contributed by atoms with Crippen molar-refractivity contribution in [3.8, 4) is 0 Å². The Kier molecular flexibility index (Phi) is 5.98. The van der Waals surface area contributed by atoms with Crippen LogP contribution in [0.4, 0.5) is 29.3 Å². The fraction of sp³-hybridized carbons (Fsp3) is 0.133. The summed E-state index contributed by atoms with van der Waals surface area (Å²) in [6.07, 6.45) is 1.38. The van der Waals surface area contributed by atoms with Gasteiger partial charge in [0.1, 0.15) is 0 Å². The zero-order valence-corrected chi connectivity index (χ0v) is 13.9. The molecule has 3 N–H and O–H groups in total. The highest BCUT2D eigenvalue weighted by Gasteiger charge is 2.19. The molecule has 0 saturated heterocycles. The molecule has 0 saturated carbocycles. The van der Waals surface area contributed by atoms with Crippen molar-refractivity contribution >= 4 is 40.8 Å². The van der Waals surface area contributed by atoms with E-state index in [1.54, 1.807) is 0 Å². The highest BCUT2D eigenvalue weighted by molar-refractivity contribution is 7.98. The van der Waals surface area contributed by atoms with Crippen LogP contribution in [0.1, 0.15) is 5.56 Å². The number of hydrogen-bond acceptors (Lipinski definition) is 3. The molecule has 0 atom stereocenters. The van der Waals surface area contributed by atoms with Crippen LogP contribution < -0.4 is 10.6 Å². The number of aliphatic hydroxyl groups excluding tert-OH is 1. The predicted molar refractivity (Wildman–Crippen MR) is 88.1 cm³/mol. The molecule has 0 unspecified atom stereocenters. The smallest absolute Gasteiger partial charge is 0.323 e. The Hall–Kier alpha value is -1.90. The number of rotatable bonds is 4. The number of thioether (sulfide) groups is 1. The molecule has 4 nitrogen and oxygen atoms in total. The Labute approximate surface area is 145 Å². The molecule has 2 rings (SSSR count). The molecule has 9 heteroatoms. The molecule has 0 aromatic heterocycles. The molecule has 2 aromatic carbocycles. The quantitative estimate of drug-likeness (QED) is 0.539. The lowest BCUT2D eigenvalue weighted by atomic mass is 10.2.